The Labute approximate surface area is 124 Å². The van der Waals surface area contributed by atoms with Crippen LogP contribution in [0.5, 0.6) is 0 Å². The van der Waals surface area contributed by atoms with Gasteiger partial charge in [0.25, 0.3) is 0 Å². The molecule has 0 aromatic heterocycles. The summed E-state index contributed by atoms with van der Waals surface area (Å²) in [4.78, 5) is 15.1. The smallest absolute Gasteiger partial charge is 0.223 e. The van der Waals surface area contributed by atoms with Crippen molar-refractivity contribution in [2.75, 3.05) is 32.1 Å². The number of thioether (sulfide) groups is 1. The number of rotatable bonds is 6. The van der Waals surface area contributed by atoms with Gasteiger partial charge in [-0.15, -0.1) is 11.8 Å². The first-order valence-corrected chi connectivity index (χ1v) is 7.95. The van der Waals surface area contributed by atoms with Crippen molar-refractivity contribution in [3.05, 3.63) is 30.3 Å². The maximum atomic E-state index is 12.1. The van der Waals surface area contributed by atoms with Crippen molar-refractivity contribution in [2.45, 2.75) is 23.8 Å². The molecule has 0 bridgehead atoms. The van der Waals surface area contributed by atoms with E-state index in [1.54, 1.807) is 16.7 Å². The first-order chi connectivity index (χ1) is 9.81. The third-order valence-electron chi connectivity index (χ3n) is 3.31. The Morgan fingerprint density at radius 1 is 1.40 bits per heavy atom. The van der Waals surface area contributed by atoms with Crippen molar-refractivity contribution < 1.29 is 14.6 Å². The number of amides is 1. The Bertz CT molecular complexity index is 413. The normalized spacial score (nSPS) is 19.1. The Balaban J connectivity index is 1.69. The van der Waals surface area contributed by atoms with Gasteiger partial charge in [-0.2, -0.15) is 0 Å². The molecule has 110 valence electrons. The molecule has 1 aromatic carbocycles. The lowest BCUT2D eigenvalue weighted by Gasteiger charge is -2.34. The van der Waals surface area contributed by atoms with Crippen LogP contribution in [0.25, 0.3) is 0 Å². The molecule has 0 saturated carbocycles. The zero-order valence-corrected chi connectivity index (χ0v) is 12.3. The molecule has 1 aromatic rings. The molecule has 1 saturated heterocycles. The van der Waals surface area contributed by atoms with Crippen LogP contribution in [-0.2, 0) is 9.53 Å². The van der Waals surface area contributed by atoms with Crippen LogP contribution >= 0.6 is 11.8 Å². The molecule has 2 rings (SSSR count). The fraction of sp³-hybridized carbons (Fsp3) is 0.533. The quantitative estimate of drug-likeness (QED) is 0.642. The number of carbonyl (C=O) groups is 1. The first kappa shape index (κ1) is 15.4. The molecule has 0 aliphatic carbocycles. The highest BCUT2D eigenvalue weighted by Gasteiger charge is 2.25. The van der Waals surface area contributed by atoms with Gasteiger partial charge in [0.2, 0.25) is 5.91 Å². The molecular weight excluding hydrogens is 274 g/mol. The van der Waals surface area contributed by atoms with Crippen molar-refractivity contribution >= 4 is 17.7 Å². The van der Waals surface area contributed by atoms with Crippen LogP contribution in [0.3, 0.4) is 0 Å². The number of hydrogen-bond donors (Lipinski definition) is 1. The number of nitrogens with zero attached hydrogens (tertiary/aromatic N) is 1. The van der Waals surface area contributed by atoms with Crippen molar-refractivity contribution in [3.63, 3.8) is 0 Å². The Morgan fingerprint density at radius 3 is 2.95 bits per heavy atom. The second-order valence-corrected chi connectivity index (χ2v) is 5.93. The molecule has 0 radical (unpaired) electrons. The number of aliphatic hydroxyl groups excluding tert-OH is 1. The van der Waals surface area contributed by atoms with Gasteiger partial charge >= 0.3 is 0 Å². The molecule has 1 atom stereocenters. The Morgan fingerprint density at radius 2 is 2.20 bits per heavy atom. The average Bonchev–Trinajstić information content (AvgIpc) is 2.52. The molecule has 20 heavy (non-hydrogen) atoms. The summed E-state index contributed by atoms with van der Waals surface area (Å²) in [5, 5.41) is 9.25. The van der Waals surface area contributed by atoms with E-state index in [4.69, 9.17) is 4.74 Å². The monoisotopic (exact) mass is 295 g/mol. The zero-order chi connectivity index (χ0) is 14.2. The van der Waals surface area contributed by atoms with Crippen molar-refractivity contribution in [1.29, 1.82) is 0 Å². The predicted molar refractivity (Wildman–Crippen MR) is 79.8 cm³/mol. The highest BCUT2D eigenvalue weighted by molar-refractivity contribution is 7.99. The van der Waals surface area contributed by atoms with Crippen LogP contribution < -0.4 is 0 Å². The van der Waals surface area contributed by atoms with Gasteiger partial charge in [0, 0.05) is 17.9 Å². The second-order valence-electron chi connectivity index (χ2n) is 4.76. The minimum Gasteiger partial charge on any atom is -0.394 e. The van der Waals surface area contributed by atoms with E-state index >= 15 is 0 Å². The third kappa shape index (κ3) is 4.51. The van der Waals surface area contributed by atoms with Crippen LogP contribution in [-0.4, -0.2) is 54.1 Å². The maximum absolute atomic E-state index is 12.1. The summed E-state index contributed by atoms with van der Waals surface area (Å²) < 4.78 is 5.28. The van der Waals surface area contributed by atoms with Crippen molar-refractivity contribution in [3.8, 4) is 0 Å². The second kappa shape index (κ2) is 8.29. The van der Waals surface area contributed by atoms with E-state index in [0.717, 1.165) is 12.2 Å². The van der Waals surface area contributed by atoms with Gasteiger partial charge in [-0.1, -0.05) is 18.2 Å². The van der Waals surface area contributed by atoms with E-state index in [-0.39, 0.29) is 18.6 Å². The van der Waals surface area contributed by atoms with E-state index < -0.39 is 0 Å². The lowest BCUT2D eigenvalue weighted by atomic mass is 10.2. The van der Waals surface area contributed by atoms with Crippen molar-refractivity contribution in [1.82, 2.24) is 4.90 Å². The summed E-state index contributed by atoms with van der Waals surface area (Å²) in [5.74, 6) is 1.06. The molecule has 1 unspecified atom stereocenters. The lowest BCUT2D eigenvalue weighted by molar-refractivity contribution is -0.141. The van der Waals surface area contributed by atoms with E-state index in [2.05, 4.69) is 12.1 Å². The summed E-state index contributed by atoms with van der Waals surface area (Å²) >= 11 is 1.77. The van der Waals surface area contributed by atoms with Gasteiger partial charge in [0.15, 0.2) is 0 Å². The maximum Gasteiger partial charge on any atom is 0.223 e. The molecule has 1 aliphatic rings. The summed E-state index contributed by atoms with van der Waals surface area (Å²) in [6.07, 6.45) is 1.39. The Hall–Kier alpha value is -1.04. The molecule has 1 fully saturated rings. The predicted octanol–water partition coefficient (Wildman–Crippen LogP) is 1.78. The van der Waals surface area contributed by atoms with Gasteiger partial charge < -0.3 is 14.7 Å². The average molecular weight is 295 g/mol. The largest absolute Gasteiger partial charge is 0.394 e. The molecule has 1 heterocycles. The van der Waals surface area contributed by atoms with E-state index in [1.807, 2.05) is 18.2 Å². The van der Waals surface area contributed by atoms with E-state index in [1.165, 1.54) is 4.90 Å². The highest BCUT2D eigenvalue weighted by atomic mass is 32.2. The minimum atomic E-state index is -0.168. The van der Waals surface area contributed by atoms with Gasteiger partial charge in [0.1, 0.15) is 0 Å². The highest BCUT2D eigenvalue weighted by Crippen LogP contribution is 2.19. The molecule has 4 nitrogen and oxygen atoms in total. The first-order valence-electron chi connectivity index (χ1n) is 6.97. The van der Waals surface area contributed by atoms with Gasteiger partial charge in [0.05, 0.1) is 25.9 Å². The van der Waals surface area contributed by atoms with Gasteiger partial charge in [-0.25, -0.2) is 0 Å². The van der Waals surface area contributed by atoms with Crippen LogP contribution in [0.2, 0.25) is 0 Å². The van der Waals surface area contributed by atoms with Gasteiger partial charge in [-0.3, -0.25) is 4.79 Å². The van der Waals surface area contributed by atoms with Crippen LogP contribution in [0.4, 0.5) is 0 Å². The SMILES string of the molecule is O=C(CCCSc1ccccc1)N1CCOCC1CO. The number of morpholine rings is 1. The number of carbonyl (C=O) groups excluding carboxylic acids is 1. The number of ether oxygens (including phenoxy) is 1. The number of hydrogen-bond acceptors (Lipinski definition) is 4. The molecule has 1 amide bonds. The molecule has 1 aliphatic heterocycles. The molecule has 1 N–H and O–H groups in total. The minimum absolute atomic E-state index is 0.0233. The summed E-state index contributed by atoms with van der Waals surface area (Å²) in [6.45, 7) is 1.59. The van der Waals surface area contributed by atoms with Crippen LogP contribution in [0, 0.1) is 0 Å². The van der Waals surface area contributed by atoms with Crippen LogP contribution in [0.15, 0.2) is 35.2 Å². The summed E-state index contributed by atoms with van der Waals surface area (Å²) in [6, 6.07) is 10.0. The fourth-order valence-corrected chi connectivity index (χ4v) is 3.08. The lowest BCUT2D eigenvalue weighted by Crippen LogP contribution is -2.50. The van der Waals surface area contributed by atoms with E-state index in [0.29, 0.717) is 26.2 Å². The Kier molecular flexibility index (Phi) is 6.36. The van der Waals surface area contributed by atoms with E-state index in [9.17, 15) is 9.90 Å². The fourth-order valence-electron chi connectivity index (χ4n) is 2.21. The third-order valence-corrected chi connectivity index (χ3v) is 4.40. The molecular formula is C15H21NO3S. The summed E-state index contributed by atoms with van der Waals surface area (Å²) in [7, 11) is 0. The zero-order valence-electron chi connectivity index (χ0n) is 11.5. The van der Waals surface area contributed by atoms with Crippen molar-refractivity contribution in [2.24, 2.45) is 0 Å². The molecule has 0 spiro atoms. The number of aliphatic hydroxyl groups is 1. The van der Waals surface area contributed by atoms with Gasteiger partial charge in [-0.05, 0) is 24.3 Å². The molecule has 5 heteroatoms. The van der Waals surface area contributed by atoms with Crippen LogP contribution in [0.1, 0.15) is 12.8 Å². The topological polar surface area (TPSA) is 49.8 Å². The number of benzene rings is 1. The summed E-state index contributed by atoms with van der Waals surface area (Å²) in [5.41, 5.74) is 0. The standard InChI is InChI=1S/C15H21NO3S/c17-11-13-12-19-9-8-16(13)15(18)7-4-10-20-14-5-2-1-3-6-14/h1-3,5-6,13,17H,4,7-12H2.